The van der Waals surface area contributed by atoms with Gasteiger partial charge in [0.05, 0.1) is 17.4 Å². The van der Waals surface area contributed by atoms with Crippen molar-refractivity contribution in [3.63, 3.8) is 0 Å². The molecule has 5 heterocycles. The number of amides is 1. The number of aryl methyl sites for hydroxylation is 1. The molecule has 0 spiro atoms. The number of aromatic nitrogens is 5. The topological polar surface area (TPSA) is 92.1 Å². The van der Waals surface area contributed by atoms with E-state index in [-0.39, 0.29) is 11.1 Å². The molecule has 0 saturated carbocycles. The second-order valence-corrected chi connectivity index (χ2v) is 9.86. The quantitative estimate of drug-likeness (QED) is 0.392. The van der Waals surface area contributed by atoms with Crippen LogP contribution in [-0.4, -0.2) is 90.5 Å². The lowest BCUT2D eigenvalue weighted by molar-refractivity contribution is 0.102. The standard InChI is InChI=1S/C23H27B3N8O/c1-32-14-17(13-29-32)18-3-2-16-12-28-20(11-19(16)30-18)31-22(35)15-4-5-27-21(10-15)33-6-8-34(9-7-33)23(24,25)26/h2-5,10-14H,6-9,24-26H2,1H3,(H,28,31,35). The van der Waals surface area contributed by atoms with Crippen molar-refractivity contribution in [3.05, 3.63) is 60.7 Å². The highest BCUT2D eigenvalue weighted by Crippen LogP contribution is 2.22. The van der Waals surface area contributed by atoms with Crippen molar-refractivity contribution in [1.82, 2.24) is 29.6 Å². The SMILES string of the molecule is BC(B)(B)N1CCN(c2cc(C(=O)Nc3cc4nc(-c5cnn(C)c5)ccc4cn3)ccn2)CC1. The number of anilines is 2. The molecule has 0 radical (unpaired) electrons. The molecule has 1 fully saturated rings. The maximum Gasteiger partial charge on any atom is 0.257 e. The van der Waals surface area contributed by atoms with Crippen LogP contribution in [0.1, 0.15) is 10.4 Å². The van der Waals surface area contributed by atoms with E-state index in [1.807, 2.05) is 31.4 Å². The Morgan fingerprint density at radius 2 is 1.83 bits per heavy atom. The van der Waals surface area contributed by atoms with Gasteiger partial charge in [0.15, 0.2) is 0 Å². The molecule has 1 amide bonds. The summed E-state index contributed by atoms with van der Waals surface area (Å²) in [4.78, 5) is 31.4. The van der Waals surface area contributed by atoms with Crippen molar-refractivity contribution in [2.45, 2.75) is 5.24 Å². The molecule has 1 aliphatic rings. The van der Waals surface area contributed by atoms with Gasteiger partial charge in [-0.3, -0.25) is 9.48 Å². The molecule has 174 valence electrons. The number of rotatable bonds is 5. The maximum atomic E-state index is 13.0. The van der Waals surface area contributed by atoms with Gasteiger partial charge in [0.1, 0.15) is 35.2 Å². The molecule has 0 bridgehead atoms. The maximum absolute atomic E-state index is 13.0. The fourth-order valence-corrected chi connectivity index (χ4v) is 4.33. The second-order valence-electron chi connectivity index (χ2n) is 9.86. The Labute approximate surface area is 207 Å². The summed E-state index contributed by atoms with van der Waals surface area (Å²) in [7, 11) is 8.59. The Hall–Kier alpha value is -3.66. The zero-order valence-electron chi connectivity index (χ0n) is 20.6. The number of hydrogen-bond donors (Lipinski definition) is 1. The van der Waals surface area contributed by atoms with Crippen LogP contribution in [0.5, 0.6) is 0 Å². The lowest BCUT2D eigenvalue weighted by atomic mass is 9.48. The minimum Gasteiger partial charge on any atom is -0.354 e. The molecule has 0 atom stereocenters. The average Bonchev–Trinajstić information content (AvgIpc) is 3.29. The first-order chi connectivity index (χ1) is 16.8. The van der Waals surface area contributed by atoms with E-state index in [0.29, 0.717) is 11.4 Å². The first-order valence-corrected chi connectivity index (χ1v) is 11.8. The second kappa shape index (κ2) is 9.18. The zero-order valence-corrected chi connectivity index (χ0v) is 20.6. The minimum absolute atomic E-state index is 0.154. The number of carbonyl (C=O) groups is 1. The summed E-state index contributed by atoms with van der Waals surface area (Å²) >= 11 is 0. The highest BCUT2D eigenvalue weighted by atomic mass is 16.1. The normalized spacial score (nSPS) is 14.8. The third-order valence-corrected chi connectivity index (χ3v) is 6.38. The summed E-state index contributed by atoms with van der Waals surface area (Å²) in [6, 6.07) is 9.28. The van der Waals surface area contributed by atoms with Crippen molar-refractivity contribution < 1.29 is 4.79 Å². The fraction of sp³-hybridized carbons (Fsp3) is 0.261. The monoisotopic (exact) mass is 464 g/mol. The molecule has 1 aliphatic heterocycles. The zero-order chi connectivity index (χ0) is 24.6. The molecule has 9 nitrogen and oxygen atoms in total. The first-order valence-electron chi connectivity index (χ1n) is 11.8. The average molecular weight is 464 g/mol. The third kappa shape index (κ3) is 5.07. The van der Waals surface area contributed by atoms with Gasteiger partial charge in [-0.25, -0.2) is 15.0 Å². The fourth-order valence-electron chi connectivity index (χ4n) is 4.33. The number of carbonyl (C=O) groups excluding carboxylic acids is 1. The molecule has 1 N–H and O–H groups in total. The van der Waals surface area contributed by atoms with Gasteiger partial charge in [-0.15, -0.1) is 0 Å². The molecule has 12 heteroatoms. The van der Waals surface area contributed by atoms with E-state index in [4.69, 9.17) is 4.98 Å². The van der Waals surface area contributed by atoms with Crippen LogP contribution in [0.15, 0.2) is 55.1 Å². The van der Waals surface area contributed by atoms with Gasteiger partial charge in [-0.1, -0.05) is 5.24 Å². The highest BCUT2D eigenvalue weighted by molar-refractivity contribution is 6.59. The highest BCUT2D eigenvalue weighted by Gasteiger charge is 2.26. The van der Waals surface area contributed by atoms with E-state index in [2.05, 4.69) is 53.7 Å². The predicted octanol–water partition coefficient (Wildman–Crippen LogP) is -0.690. The Bertz CT molecular complexity index is 1380. The molecule has 1 saturated heterocycles. The lowest BCUT2D eigenvalue weighted by Gasteiger charge is -2.43. The van der Waals surface area contributed by atoms with Crippen LogP contribution in [0.3, 0.4) is 0 Å². The van der Waals surface area contributed by atoms with Crippen molar-refractivity contribution in [2.24, 2.45) is 7.05 Å². The van der Waals surface area contributed by atoms with Crippen LogP contribution >= 0.6 is 0 Å². The van der Waals surface area contributed by atoms with Gasteiger partial charge in [0, 0.05) is 74.4 Å². The summed E-state index contributed by atoms with van der Waals surface area (Å²) in [5.41, 5.74) is 3.06. The van der Waals surface area contributed by atoms with Gasteiger partial charge in [0.25, 0.3) is 5.91 Å². The Balaban J connectivity index is 1.31. The van der Waals surface area contributed by atoms with Gasteiger partial charge in [-0.2, -0.15) is 5.10 Å². The van der Waals surface area contributed by atoms with Crippen LogP contribution in [0.4, 0.5) is 11.6 Å². The van der Waals surface area contributed by atoms with Crippen LogP contribution in [-0.2, 0) is 7.05 Å². The third-order valence-electron chi connectivity index (χ3n) is 6.38. The summed E-state index contributed by atoms with van der Waals surface area (Å²) < 4.78 is 1.74. The van der Waals surface area contributed by atoms with Gasteiger partial charge in [0.2, 0.25) is 0 Å². The number of nitrogens with one attached hydrogen (secondary N) is 1. The van der Waals surface area contributed by atoms with Crippen molar-refractivity contribution in [2.75, 3.05) is 36.4 Å². The predicted molar refractivity (Wildman–Crippen MR) is 146 cm³/mol. The molecule has 4 aromatic rings. The van der Waals surface area contributed by atoms with Crippen molar-refractivity contribution in [1.29, 1.82) is 0 Å². The van der Waals surface area contributed by atoms with Crippen LogP contribution in [0.2, 0.25) is 0 Å². The minimum atomic E-state index is -0.225. The number of fused-ring (bicyclic) bond motifs is 1. The number of hydrogen-bond acceptors (Lipinski definition) is 7. The van der Waals surface area contributed by atoms with Crippen LogP contribution in [0, 0.1) is 0 Å². The summed E-state index contributed by atoms with van der Waals surface area (Å²) in [6.07, 6.45) is 7.11. The molecular weight excluding hydrogens is 437 g/mol. The van der Waals surface area contributed by atoms with Gasteiger partial charge < -0.3 is 15.1 Å². The summed E-state index contributed by atoms with van der Waals surface area (Å²) in [6.45, 7) is 3.70. The summed E-state index contributed by atoms with van der Waals surface area (Å²) in [5.74, 6) is 1.05. The van der Waals surface area contributed by atoms with Crippen molar-refractivity contribution in [3.8, 4) is 11.3 Å². The van der Waals surface area contributed by atoms with Gasteiger partial charge in [-0.05, 0) is 24.3 Å². The Kier molecular flexibility index (Phi) is 6.06. The van der Waals surface area contributed by atoms with E-state index >= 15 is 0 Å². The number of piperazine rings is 1. The largest absolute Gasteiger partial charge is 0.354 e. The molecule has 5 rings (SSSR count). The van der Waals surface area contributed by atoms with E-state index in [9.17, 15) is 4.79 Å². The van der Waals surface area contributed by atoms with E-state index in [1.165, 1.54) is 0 Å². The molecule has 0 aromatic carbocycles. The Morgan fingerprint density at radius 1 is 1.03 bits per heavy atom. The smallest absolute Gasteiger partial charge is 0.257 e. The molecule has 4 aromatic heterocycles. The first kappa shape index (κ1) is 23.1. The molecular formula is C23H27B3N8O. The van der Waals surface area contributed by atoms with E-state index in [1.54, 1.807) is 35.4 Å². The molecule has 0 unspecified atom stereocenters. The van der Waals surface area contributed by atoms with Crippen LogP contribution in [0.25, 0.3) is 22.2 Å². The van der Waals surface area contributed by atoms with Gasteiger partial charge >= 0.3 is 0 Å². The molecule has 0 aliphatic carbocycles. The van der Waals surface area contributed by atoms with E-state index in [0.717, 1.165) is 54.2 Å². The number of nitrogens with zero attached hydrogens (tertiary/aromatic N) is 7. The van der Waals surface area contributed by atoms with E-state index < -0.39 is 0 Å². The molecule has 35 heavy (non-hydrogen) atoms. The summed E-state index contributed by atoms with van der Waals surface area (Å²) in [5, 5.41) is 8.18. The lowest BCUT2D eigenvalue weighted by Crippen LogP contribution is -2.58. The van der Waals surface area contributed by atoms with Crippen LogP contribution < -0.4 is 10.2 Å². The number of pyridine rings is 3. The Morgan fingerprint density at radius 3 is 2.54 bits per heavy atom. The van der Waals surface area contributed by atoms with Crippen molar-refractivity contribution >= 4 is 52.0 Å².